The van der Waals surface area contributed by atoms with E-state index in [1.54, 1.807) is 12.1 Å². The van der Waals surface area contributed by atoms with Gasteiger partial charge < -0.3 is 11.1 Å². The number of nitrogens with two attached hydrogens (primary N) is 1. The number of nitrogens with one attached hydrogen (secondary N) is 1. The van der Waals surface area contributed by atoms with Crippen LogP contribution in [0.4, 0.5) is 5.69 Å². The second-order valence-corrected chi connectivity index (χ2v) is 5.19. The number of hydrogen-bond donors (Lipinski definition) is 2. The van der Waals surface area contributed by atoms with Crippen molar-refractivity contribution in [2.45, 2.75) is 26.3 Å². The first-order valence-electron chi connectivity index (χ1n) is 6.79. The first-order valence-corrected chi connectivity index (χ1v) is 6.79. The third kappa shape index (κ3) is 3.60. The first-order chi connectivity index (χ1) is 9.56. The average Bonchev–Trinajstić information content (AvgIpc) is 2.46. The van der Waals surface area contributed by atoms with Gasteiger partial charge in [0, 0.05) is 17.8 Å². The first kappa shape index (κ1) is 14.1. The van der Waals surface area contributed by atoms with Crippen LogP contribution in [0.3, 0.4) is 0 Å². The molecule has 0 saturated heterocycles. The number of amides is 1. The van der Waals surface area contributed by atoms with Gasteiger partial charge >= 0.3 is 0 Å². The summed E-state index contributed by atoms with van der Waals surface area (Å²) in [7, 11) is 0. The Kier molecular flexibility index (Phi) is 4.41. The maximum Gasteiger partial charge on any atom is 0.248 e. The molecule has 104 valence electrons. The van der Waals surface area contributed by atoms with Gasteiger partial charge in [0.15, 0.2) is 0 Å². The Bertz CT molecular complexity index is 588. The molecule has 3 N–H and O–H groups in total. The quantitative estimate of drug-likeness (QED) is 0.871. The molecule has 0 unspecified atom stereocenters. The lowest BCUT2D eigenvalue weighted by atomic mass is 10.0. The summed E-state index contributed by atoms with van der Waals surface area (Å²) in [4.78, 5) is 11.0. The Balaban J connectivity index is 2.01. The molecule has 2 aromatic carbocycles. The van der Waals surface area contributed by atoms with Crippen LogP contribution >= 0.6 is 0 Å². The summed E-state index contributed by atoms with van der Waals surface area (Å²) in [6.45, 7) is 5.09. The average molecular weight is 268 g/mol. The van der Waals surface area contributed by atoms with E-state index >= 15 is 0 Å². The van der Waals surface area contributed by atoms with E-state index in [-0.39, 0.29) is 0 Å². The van der Waals surface area contributed by atoms with Gasteiger partial charge in [-0.15, -0.1) is 0 Å². The van der Waals surface area contributed by atoms with Crippen LogP contribution in [0.15, 0.2) is 48.5 Å². The van der Waals surface area contributed by atoms with Gasteiger partial charge in [0.1, 0.15) is 0 Å². The Morgan fingerprint density at radius 2 is 1.85 bits per heavy atom. The summed E-state index contributed by atoms with van der Waals surface area (Å²) in [6.07, 6.45) is 0. The maximum atomic E-state index is 11.0. The van der Waals surface area contributed by atoms with Gasteiger partial charge in [0.2, 0.25) is 5.91 Å². The molecule has 0 atom stereocenters. The van der Waals surface area contributed by atoms with Gasteiger partial charge in [0.25, 0.3) is 0 Å². The highest BCUT2D eigenvalue weighted by Gasteiger charge is 2.02. The molecule has 0 aliphatic carbocycles. The van der Waals surface area contributed by atoms with E-state index < -0.39 is 5.91 Å². The number of rotatable bonds is 5. The lowest BCUT2D eigenvalue weighted by Gasteiger charge is -2.10. The van der Waals surface area contributed by atoms with Crippen molar-refractivity contribution in [1.29, 1.82) is 0 Å². The Morgan fingerprint density at radius 3 is 2.45 bits per heavy atom. The Morgan fingerprint density at radius 1 is 1.15 bits per heavy atom. The van der Waals surface area contributed by atoms with E-state index in [0.717, 1.165) is 17.8 Å². The van der Waals surface area contributed by atoms with Gasteiger partial charge in [-0.25, -0.2) is 0 Å². The van der Waals surface area contributed by atoms with E-state index in [9.17, 15) is 4.79 Å². The van der Waals surface area contributed by atoms with Crippen LogP contribution in [0.1, 0.15) is 41.3 Å². The molecule has 3 heteroatoms. The molecule has 0 aliphatic rings. The van der Waals surface area contributed by atoms with Gasteiger partial charge in [-0.1, -0.05) is 38.1 Å². The fourth-order valence-corrected chi connectivity index (χ4v) is 2.00. The molecule has 0 spiro atoms. The zero-order chi connectivity index (χ0) is 14.5. The van der Waals surface area contributed by atoms with Crippen LogP contribution in [0.2, 0.25) is 0 Å². The summed E-state index contributed by atoms with van der Waals surface area (Å²) in [6, 6.07) is 15.8. The molecule has 2 rings (SSSR count). The molecule has 1 amide bonds. The molecular formula is C17H20N2O. The van der Waals surface area contributed by atoms with Crippen molar-refractivity contribution in [3.05, 3.63) is 65.2 Å². The third-order valence-corrected chi connectivity index (χ3v) is 3.29. The van der Waals surface area contributed by atoms with Crippen molar-refractivity contribution in [3.8, 4) is 0 Å². The Hall–Kier alpha value is -2.29. The monoisotopic (exact) mass is 268 g/mol. The van der Waals surface area contributed by atoms with Crippen LogP contribution in [0.25, 0.3) is 0 Å². The van der Waals surface area contributed by atoms with Crippen molar-refractivity contribution in [1.82, 2.24) is 0 Å². The van der Waals surface area contributed by atoms with Crippen LogP contribution in [0, 0.1) is 0 Å². The zero-order valence-electron chi connectivity index (χ0n) is 11.9. The zero-order valence-corrected chi connectivity index (χ0v) is 11.9. The van der Waals surface area contributed by atoms with Crippen molar-refractivity contribution in [3.63, 3.8) is 0 Å². The van der Waals surface area contributed by atoms with Crippen molar-refractivity contribution < 1.29 is 4.79 Å². The largest absolute Gasteiger partial charge is 0.381 e. The maximum absolute atomic E-state index is 11.0. The second-order valence-electron chi connectivity index (χ2n) is 5.19. The Labute approximate surface area is 119 Å². The molecule has 3 nitrogen and oxygen atoms in total. The molecular weight excluding hydrogens is 248 g/mol. The molecule has 2 aromatic rings. The van der Waals surface area contributed by atoms with Gasteiger partial charge in [-0.05, 0) is 41.3 Å². The van der Waals surface area contributed by atoms with E-state index in [1.807, 2.05) is 12.1 Å². The number of benzene rings is 2. The normalized spacial score (nSPS) is 10.6. The SMILES string of the molecule is CC(C)c1cccc(NCc2ccc(C(N)=O)cc2)c1. The number of carbonyl (C=O) groups is 1. The van der Waals surface area contributed by atoms with Crippen molar-refractivity contribution >= 4 is 11.6 Å². The molecule has 0 fully saturated rings. The van der Waals surface area contributed by atoms with E-state index in [0.29, 0.717) is 11.5 Å². The van der Waals surface area contributed by atoms with Gasteiger partial charge in [-0.2, -0.15) is 0 Å². The van der Waals surface area contributed by atoms with E-state index in [2.05, 4.69) is 43.4 Å². The predicted octanol–water partition coefficient (Wildman–Crippen LogP) is 3.52. The summed E-state index contributed by atoms with van der Waals surface area (Å²) in [5, 5.41) is 3.39. The molecule has 0 radical (unpaired) electrons. The highest BCUT2D eigenvalue weighted by atomic mass is 16.1. The molecule has 0 bridgehead atoms. The molecule has 0 heterocycles. The van der Waals surface area contributed by atoms with Crippen LogP contribution < -0.4 is 11.1 Å². The van der Waals surface area contributed by atoms with Gasteiger partial charge in [0.05, 0.1) is 0 Å². The summed E-state index contributed by atoms with van der Waals surface area (Å²) < 4.78 is 0. The topological polar surface area (TPSA) is 55.1 Å². The minimum Gasteiger partial charge on any atom is -0.381 e. The fraction of sp³-hybridized carbons (Fsp3) is 0.235. The lowest BCUT2D eigenvalue weighted by Crippen LogP contribution is -2.10. The predicted molar refractivity (Wildman–Crippen MR) is 82.8 cm³/mol. The summed E-state index contributed by atoms with van der Waals surface area (Å²) in [5.41, 5.74) is 9.30. The highest BCUT2D eigenvalue weighted by molar-refractivity contribution is 5.92. The smallest absolute Gasteiger partial charge is 0.248 e. The minimum absolute atomic E-state index is 0.394. The third-order valence-electron chi connectivity index (χ3n) is 3.29. The molecule has 0 saturated carbocycles. The van der Waals surface area contributed by atoms with Crippen molar-refractivity contribution in [2.24, 2.45) is 5.73 Å². The fourth-order valence-electron chi connectivity index (χ4n) is 2.00. The van der Waals surface area contributed by atoms with E-state index in [1.165, 1.54) is 5.56 Å². The highest BCUT2D eigenvalue weighted by Crippen LogP contribution is 2.19. The molecule has 0 aliphatic heterocycles. The number of primary amides is 1. The van der Waals surface area contributed by atoms with Crippen molar-refractivity contribution in [2.75, 3.05) is 5.32 Å². The minimum atomic E-state index is -0.394. The number of anilines is 1. The van der Waals surface area contributed by atoms with E-state index in [4.69, 9.17) is 5.73 Å². The number of carbonyl (C=O) groups excluding carboxylic acids is 1. The van der Waals surface area contributed by atoms with Crippen LogP contribution in [-0.4, -0.2) is 5.91 Å². The standard InChI is InChI=1S/C17H20N2O/c1-12(2)15-4-3-5-16(10-15)19-11-13-6-8-14(9-7-13)17(18)20/h3-10,12,19H,11H2,1-2H3,(H2,18,20). The van der Waals surface area contributed by atoms with Crippen LogP contribution in [0.5, 0.6) is 0 Å². The number of hydrogen-bond acceptors (Lipinski definition) is 2. The lowest BCUT2D eigenvalue weighted by molar-refractivity contribution is 0.100. The summed E-state index contributed by atoms with van der Waals surface area (Å²) >= 11 is 0. The van der Waals surface area contributed by atoms with Crippen LogP contribution in [-0.2, 0) is 6.54 Å². The second kappa shape index (κ2) is 6.24. The molecule has 20 heavy (non-hydrogen) atoms. The molecule has 0 aromatic heterocycles. The summed E-state index contributed by atoms with van der Waals surface area (Å²) in [5.74, 6) is 0.126. The van der Waals surface area contributed by atoms with Gasteiger partial charge in [-0.3, -0.25) is 4.79 Å².